The number of thiazole rings is 1. The third kappa shape index (κ3) is 4.10. The summed E-state index contributed by atoms with van der Waals surface area (Å²) in [5.74, 6) is 0. The van der Waals surface area contributed by atoms with Crippen molar-refractivity contribution in [1.82, 2.24) is 14.8 Å². The van der Waals surface area contributed by atoms with Gasteiger partial charge in [0, 0.05) is 30.2 Å². The number of rotatable bonds is 4. The molecule has 4 nitrogen and oxygen atoms in total. The van der Waals surface area contributed by atoms with Crippen LogP contribution in [-0.4, -0.2) is 48.0 Å². The zero-order chi connectivity index (χ0) is 11.5. The van der Waals surface area contributed by atoms with Crippen molar-refractivity contribution in [3.05, 3.63) is 11.1 Å². The molecule has 0 radical (unpaired) electrons. The molecule has 2 heterocycles. The summed E-state index contributed by atoms with van der Waals surface area (Å²) in [6.45, 7) is 3.33. The van der Waals surface area contributed by atoms with E-state index in [4.69, 9.17) is 5.73 Å². The molecule has 1 aliphatic heterocycles. The first-order valence-electron chi connectivity index (χ1n) is 5.74. The van der Waals surface area contributed by atoms with Gasteiger partial charge >= 0.3 is 0 Å². The van der Waals surface area contributed by atoms with Crippen molar-refractivity contribution in [2.75, 3.05) is 32.9 Å². The Bertz CT molecular complexity index is 344. The number of aromatic nitrogens is 1. The van der Waals surface area contributed by atoms with E-state index in [2.05, 4.69) is 28.9 Å². The van der Waals surface area contributed by atoms with E-state index in [1.54, 1.807) is 11.3 Å². The van der Waals surface area contributed by atoms with Gasteiger partial charge in [-0.05, 0) is 33.5 Å². The Kier molecular flexibility index (Phi) is 5.66. The second-order valence-electron chi connectivity index (χ2n) is 4.64. The fourth-order valence-electron chi connectivity index (χ4n) is 2.30. The van der Waals surface area contributed by atoms with Crippen LogP contribution < -0.4 is 5.73 Å². The Labute approximate surface area is 113 Å². The maximum atomic E-state index is 5.62. The van der Waals surface area contributed by atoms with Gasteiger partial charge in [0.25, 0.3) is 0 Å². The Morgan fingerprint density at radius 3 is 2.94 bits per heavy atom. The van der Waals surface area contributed by atoms with E-state index >= 15 is 0 Å². The van der Waals surface area contributed by atoms with Gasteiger partial charge in [0.15, 0.2) is 5.13 Å². The Morgan fingerprint density at radius 1 is 1.65 bits per heavy atom. The molecule has 1 aliphatic rings. The minimum Gasteiger partial charge on any atom is -0.375 e. The molecule has 0 bridgehead atoms. The molecule has 0 saturated carbocycles. The van der Waals surface area contributed by atoms with Crippen LogP contribution in [0.1, 0.15) is 17.7 Å². The van der Waals surface area contributed by atoms with E-state index in [0.717, 1.165) is 19.1 Å². The van der Waals surface area contributed by atoms with Crippen molar-refractivity contribution in [3.63, 3.8) is 0 Å². The lowest BCUT2D eigenvalue weighted by Gasteiger charge is -2.25. The molecule has 1 saturated heterocycles. The zero-order valence-electron chi connectivity index (χ0n) is 10.4. The lowest BCUT2D eigenvalue weighted by atomic mass is 10.2. The first-order valence-corrected chi connectivity index (χ1v) is 6.56. The molecule has 1 aromatic heterocycles. The minimum atomic E-state index is 0. The van der Waals surface area contributed by atoms with Crippen LogP contribution >= 0.6 is 23.7 Å². The van der Waals surface area contributed by atoms with Crippen LogP contribution in [0.2, 0.25) is 0 Å². The molecule has 6 heteroatoms. The summed E-state index contributed by atoms with van der Waals surface area (Å²) in [4.78, 5) is 10.1. The fraction of sp³-hybridized carbons (Fsp3) is 0.727. The van der Waals surface area contributed by atoms with Crippen LogP contribution in [0.15, 0.2) is 6.20 Å². The number of nitrogens with two attached hydrogens (primary N) is 1. The summed E-state index contributed by atoms with van der Waals surface area (Å²) >= 11 is 1.59. The van der Waals surface area contributed by atoms with Gasteiger partial charge in [-0.25, -0.2) is 4.98 Å². The van der Waals surface area contributed by atoms with E-state index in [1.807, 2.05) is 6.20 Å². The van der Waals surface area contributed by atoms with Gasteiger partial charge in [-0.2, -0.15) is 0 Å². The molecule has 0 aromatic carbocycles. The van der Waals surface area contributed by atoms with E-state index in [0.29, 0.717) is 5.13 Å². The van der Waals surface area contributed by atoms with Gasteiger partial charge in [0.2, 0.25) is 0 Å². The Hall–Kier alpha value is -0.360. The highest BCUT2D eigenvalue weighted by Gasteiger charge is 2.22. The monoisotopic (exact) mass is 276 g/mol. The van der Waals surface area contributed by atoms with Crippen molar-refractivity contribution in [1.29, 1.82) is 0 Å². The zero-order valence-corrected chi connectivity index (χ0v) is 12.1. The van der Waals surface area contributed by atoms with Crippen molar-refractivity contribution in [2.24, 2.45) is 0 Å². The molecular weight excluding hydrogens is 256 g/mol. The van der Waals surface area contributed by atoms with E-state index < -0.39 is 0 Å². The van der Waals surface area contributed by atoms with Crippen molar-refractivity contribution < 1.29 is 0 Å². The molecule has 1 unspecified atom stereocenters. The molecule has 1 aromatic rings. The summed E-state index contributed by atoms with van der Waals surface area (Å²) in [6, 6.07) is 0.718. The van der Waals surface area contributed by atoms with Crippen LogP contribution in [0, 0.1) is 0 Å². The topological polar surface area (TPSA) is 45.4 Å². The molecule has 98 valence electrons. The third-order valence-corrected chi connectivity index (χ3v) is 4.00. The Morgan fingerprint density at radius 2 is 2.41 bits per heavy atom. The molecular formula is C11H21ClN4S. The van der Waals surface area contributed by atoms with Crippen LogP contribution in [0.5, 0.6) is 0 Å². The van der Waals surface area contributed by atoms with E-state index in [1.165, 1.54) is 24.3 Å². The molecule has 0 aliphatic carbocycles. The highest BCUT2D eigenvalue weighted by molar-refractivity contribution is 7.15. The first kappa shape index (κ1) is 14.7. The van der Waals surface area contributed by atoms with Gasteiger partial charge < -0.3 is 10.6 Å². The molecule has 2 rings (SSSR count). The maximum absolute atomic E-state index is 5.62. The number of hydrogen-bond donors (Lipinski definition) is 1. The molecule has 1 atom stereocenters. The standard InChI is InChI=1S/C11H20N4S.ClH/c1-14(7-9-4-3-5-15(9)2)8-10-6-13-11(12)16-10;/h6,9H,3-5,7-8H2,1-2H3,(H2,12,13);1H. The van der Waals surface area contributed by atoms with Gasteiger partial charge in [-0.3, -0.25) is 4.90 Å². The lowest BCUT2D eigenvalue weighted by Crippen LogP contribution is -2.36. The number of halogens is 1. The van der Waals surface area contributed by atoms with Crippen molar-refractivity contribution >= 4 is 28.9 Å². The predicted octanol–water partition coefficient (Wildman–Crippen LogP) is 1.67. The van der Waals surface area contributed by atoms with Crippen molar-refractivity contribution in [3.8, 4) is 0 Å². The normalized spacial score (nSPS) is 20.8. The summed E-state index contributed by atoms with van der Waals surface area (Å²) in [5, 5.41) is 0.668. The van der Waals surface area contributed by atoms with E-state index in [-0.39, 0.29) is 12.4 Å². The predicted molar refractivity (Wildman–Crippen MR) is 75.8 cm³/mol. The number of hydrogen-bond acceptors (Lipinski definition) is 5. The SMILES string of the molecule is CN(Cc1cnc(N)s1)CC1CCCN1C.Cl. The van der Waals surface area contributed by atoms with Gasteiger partial charge in [-0.15, -0.1) is 23.7 Å². The van der Waals surface area contributed by atoms with E-state index in [9.17, 15) is 0 Å². The second-order valence-corrected chi connectivity index (χ2v) is 5.78. The smallest absolute Gasteiger partial charge is 0.180 e. The lowest BCUT2D eigenvalue weighted by molar-refractivity contribution is 0.216. The average molecular weight is 277 g/mol. The third-order valence-electron chi connectivity index (χ3n) is 3.19. The molecule has 0 amide bonds. The highest BCUT2D eigenvalue weighted by atomic mass is 35.5. The summed E-state index contributed by atoms with van der Waals surface area (Å²) < 4.78 is 0. The minimum absolute atomic E-state index is 0. The maximum Gasteiger partial charge on any atom is 0.180 e. The molecule has 0 spiro atoms. The number of nitrogens with zero attached hydrogens (tertiary/aromatic N) is 3. The molecule has 2 N–H and O–H groups in total. The summed E-state index contributed by atoms with van der Waals surface area (Å²) in [6.07, 6.45) is 4.54. The van der Waals surface area contributed by atoms with Crippen LogP contribution in [0.3, 0.4) is 0 Å². The largest absolute Gasteiger partial charge is 0.375 e. The summed E-state index contributed by atoms with van der Waals surface area (Å²) in [5.41, 5.74) is 5.62. The van der Waals surface area contributed by atoms with Gasteiger partial charge in [0.1, 0.15) is 0 Å². The average Bonchev–Trinajstić information content (AvgIpc) is 2.77. The Balaban J connectivity index is 0.00000144. The highest BCUT2D eigenvalue weighted by Crippen LogP contribution is 2.19. The van der Waals surface area contributed by atoms with Crippen LogP contribution in [-0.2, 0) is 6.54 Å². The fourth-order valence-corrected chi connectivity index (χ4v) is 3.06. The number of anilines is 1. The quantitative estimate of drug-likeness (QED) is 0.909. The van der Waals surface area contributed by atoms with Crippen LogP contribution in [0.25, 0.3) is 0 Å². The van der Waals surface area contributed by atoms with Gasteiger partial charge in [0.05, 0.1) is 0 Å². The number of likely N-dealkylation sites (tertiary alicyclic amines) is 1. The first-order chi connectivity index (χ1) is 7.65. The summed E-state index contributed by atoms with van der Waals surface area (Å²) in [7, 11) is 4.39. The molecule has 17 heavy (non-hydrogen) atoms. The van der Waals surface area contributed by atoms with Crippen molar-refractivity contribution in [2.45, 2.75) is 25.4 Å². The number of likely N-dealkylation sites (N-methyl/N-ethyl adjacent to an activating group) is 2. The number of nitrogen functional groups attached to an aromatic ring is 1. The second kappa shape index (κ2) is 6.54. The molecule has 1 fully saturated rings. The van der Waals surface area contributed by atoms with Crippen LogP contribution in [0.4, 0.5) is 5.13 Å². The van der Waals surface area contributed by atoms with Gasteiger partial charge in [-0.1, -0.05) is 0 Å².